The summed E-state index contributed by atoms with van der Waals surface area (Å²) in [6.45, 7) is 1.67. The van der Waals surface area contributed by atoms with E-state index in [1.165, 1.54) is 4.31 Å². The van der Waals surface area contributed by atoms with Crippen molar-refractivity contribution in [2.45, 2.75) is 17.6 Å². The third-order valence-corrected chi connectivity index (χ3v) is 6.92. The fourth-order valence-corrected chi connectivity index (χ4v) is 4.73. The van der Waals surface area contributed by atoms with Crippen LogP contribution in [-0.4, -0.2) is 53.9 Å². The zero-order valence-electron chi connectivity index (χ0n) is 16.3. The van der Waals surface area contributed by atoms with Crippen molar-refractivity contribution in [1.29, 1.82) is 0 Å². The van der Waals surface area contributed by atoms with Crippen LogP contribution in [0, 0.1) is 0 Å². The average molecular weight is 452 g/mol. The molecule has 0 atom stereocenters. The molecule has 0 amide bonds. The number of rotatable bonds is 5. The molecule has 2 aromatic carbocycles. The Morgan fingerprint density at radius 2 is 1.58 bits per heavy atom. The number of aromatic nitrogens is 2. The van der Waals surface area contributed by atoms with Crippen LogP contribution in [0.3, 0.4) is 0 Å². The first kappa shape index (κ1) is 21.5. The molecule has 4 rings (SSSR count). The Kier molecular flexibility index (Phi) is 5.82. The first-order valence-electron chi connectivity index (χ1n) is 9.51. The standard InChI is InChI=1S/C20H19F3N4O3S/c21-20(22,23)16-6-8-17(9-7-16)31(28,29)27-12-10-26(11-13-27)14-18-24-19(25-30-18)15-4-2-1-3-5-15/h1-9H,10-14H2. The van der Waals surface area contributed by atoms with Gasteiger partial charge in [0.25, 0.3) is 0 Å². The fraction of sp³-hybridized carbons (Fsp3) is 0.300. The summed E-state index contributed by atoms with van der Waals surface area (Å²) in [6, 6.07) is 12.9. The van der Waals surface area contributed by atoms with Gasteiger partial charge in [-0.05, 0) is 24.3 Å². The Morgan fingerprint density at radius 3 is 2.19 bits per heavy atom. The van der Waals surface area contributed by atoms with Crippen molar-refractivity contribution in [3.05, 3.63) is 66.1 Å². The van der Waals surface area contributed by atoms with Crippen molar-refractivity contribution in [3.63, 3.8) is 0 Å². The Morgan fingerprint density at radius 1 is 0.935 bits per heavy atom. The Balaban J connectivity index is 1.37. The van der Waals surface area contributed by atoms with E-state index < -0.39 is 21.8 Å². The minimum absolute atomic E-state index is 0.154. The third kappa shape index (κ3) is 4.78. The molecule has 164 valence electrons. The first-order chi connectivity index (χ1) is 14.7. The molecule has 1 aliphatic heterocycles. The highest BCUT2D eigenvalue weighted by atomic mass is 32.2. The molecule has 1 fully saturated rings. The molecular formula is C20H19F3N4O3S. The summed E-state index contributed by atoms with van der Waals surface area (Å²) in [5.41, 5.74) is -0.0457. The van der Waals surface area contributed by atoms with E-state index >= 15 is 0 Å². The summed E-state index contributed by atoms with van der Waals surface area (Å²) >= 11 is 0. The van der Waals surface area contributed by atoms with Gasteiger partial charge in [0.1, 0.15) is 0 Å². The van der Waals surface area contributed by atoms with Gasteiger partial charge < -0.3 is 4.52 Å². The smallest absolute Gasteiger partial charge is 0.338 e. The summed E-state index contributed by atoms with van der Waals surface area (Å²) in [6.07, 6.45) is -4.51. The maximum atomic E-state index is 12.8. The molecule has 1 aromatic heterocycles. The minimum atomic E-state index is -4.51. The first-order valence-corrected chi connectivity index (χ1v) is 11.0. The molecule has 0 spiro atoms. The third-order valence-electron chi connectivity index (χ3n) is 5.01. The molecule has 0 unspecified atom stereocenters. The predicted molar refractivity (Wildman–Crippen MR) is 105 cm³/mol. The summed E-state index contributed by atoms with van der Waals surface area (Å²) in [7, 11) is -3.86. The van der Waals surface area contributed by atoms with E-state index in [1.54, 1.807) is 0 Å². The molecule has 0 bridgehead atoms. The van der Waals surface area contributed by atoms with E-state index in [2.05, 4.69) is 10.1 Å². The highest BCUT2D eigenvalue weighted by Gasteiger charge is 2.32. The van der Waals surface area contributed by atoms with Crippen molar-refractivity contribution in [2.24, 2.45) is 0 Å². The summed E-state index contributed by atoms with van der Waals surface area (Å²) in [5, 5.41) is 3.97. The van der Waals surface area contributed by atoms with Crippen LogP contribution in [0.2, 0.25) is 0 Å². The Labute approximate surface area is 177 Å². The molecule has 0 radical (unpaired) electrons. The van der Waals surface area contributed by atoms with Gasteiger partial charge in [-0.2, -0.15) is 22.5 Å². The van der Waals surface area contributed by atoms with Crippen LogP contribution in [-0.2, 0) is 22.7 Å². The van der Waals surface area contributed by atoms with Crippen molar-refractivity contribution in [3.8, 4) is 11.4 Å². The summed E-state index contributed by atoms with van der Waals surface area (Å²) in [5.74, 6) is 0.914. The van der Waals surface area contributed by atoms with E-state index in [0.29, 0.717) is 31.3 Å². The molecule has 3 aromatic rings. The second-order valence-corrected chi connectivity index (χ2v) is 9.02. The van der Waals surface area contributed by atoms with Crippen LogP contribution in [0.5, 0.6) is 0 Å². The molecule has 1 aliphatic rings. The number of piperazine rings is 1. The quantitative estimate of drug-likeness (QED) is 0.591. The van der Waals surface area contributed by atoms with Crippen LogP contribution >= 0.6 is 0 Å². The topological polar surface area (TPSA) is 79.5 Å². The SMILES string of the molecule is O=S(=O)(c1ccc(C(F)(F)F)cc1)N1CCN(Cc2nc(-c3ccccc3)no2)CC1. The van der Waals surface area contributed by atoms with E-state index in [0.717, 1.165) is 29.8 Å². The Hall–Kier alpha value is -2.76. The van der Waals surface area contributed by atoms with Crippen molar-refractivity contribution in [1.82, 2.24) is 19.3 Å². The van der Waals surface area contributed by atoms with E-state index in [9.17, 15) is 21.6 Å². The second-order valence-electron chi connectivity index (χ2n) is 7.08. The molecule has 2 heterocycles. The van der Waals surface area contributed by atoms with Crippen LogP contribution in [0.15, 0.2) is 64.0 Å². The fourth-order valence-electron chi connectivity index (χ4n) is 3.31. The lowest BCUT2D eigenvalue weighted by Crippen LogP contribution is -2.48. The minimum Gasteiger partial charge on any atom is -0.338 e. The summed E-state index contributed by atoms with van der Waals surface area (Å²) < 4.78 is 70.2. The normalized spacial score (nSPS) is 16.5. The van der Waals surface area contributed by atoms with E-state index in [4.69, 9.17) is 4.52 Å². The predicted octanol–water partition coefficient (Wildman–Crippen LogP) is 3.26. The van der Waals surface area contributed by atoms with Gasteiger partial charge in [0.15, 0.2) is 0 Å². The molecular weight excluding hydrogens is 433 g/mol. The lowest BCUT2D eigenvalue weighted by atomic mass is 10.2. The number of alkyl halides is 3. The monoisotopic (exact) mass is 452 g/mol. The molecule has 1 saturated heterocycles. The highest BCUT2D eigenvalue weighted by molar-refractivity contribution is 7.89. The largest absolute Gasteiger partial charge is 0.416 e. The number of hydrogen-bond donors (Lipinski definition) is 0. The van der Waals surface area contributed by atoms with Gasteiger partial charge in [0.2, 0.25) is 21.7 Å². The number of sulfonamides is 1. The molecule has 7 nitrogen and oxygen atoms in total. The average Bonchev–Trinajstić information content (AvgIpc) is 3.23. The number of hydrogen-bond acceptors (Lipinski definition) is 6. The molecule has 0 saturated carbocycles. The maximum Gasteiger partial charge on any atom is 0.416 e. The molecule has 0 N–H and O–H groups in total. The number of benzene rings is 2. The van der Waals surface area contributed by atoms with Gasteiger partial charge >= 0.3 is 6.18 Å². The van der Waals surface area contributed by atoms with Crippen molar-refractivity contribution >= 4 is 10.0 Å². The van der Waals surface area contributed by atoms with Gasteiger partial charge in [-0.15, -0.1) is 0 Å². The molecule has 11 heteroatoms. The van der Waals surface area contributed by atoms with Crippen molar-refractivity contribution in [2.75, 3.05) is 26.2 Å². The lowest BCUT2D eigenvalue weighted by molar-refractivity contribution is -0.137. The van der Waals surface area contributed by atoms with Crippen LogP contribution < -0.4 is 0 Å². The second kappa shape index (κ2) is 8.40. The van der Waals surface area contributed by atoms with Gasteiger partial charge in [0, 0.05) is 31.7 Å². The van der Waals surface area contributed by atoms with E-state index in [1.807, 2.05) is 35.2 Å². The van der Waals surface area contributed by atoms with Crippen molar-refractivity contribution < 1.29 is 26.1 Å². The zero-order chi connectivity index (χ0) is 22.1. The van der Waals surface area contributed by atoms with Gasteiger partial charge in [-0.25, -0.2) is 8.42 Å². The van der Waals surface area contributed by atoms with E-state index in [-0.39, 0.29) is 18.0 Å². The lowest BCUT2D eigenvalue weighted by Gasteiger charge is -2.33. The van der Waals surface area contributed by atoms with Crippen LogP contribution in [0.1, 0.15) is 11.5 Å². The van der Waals surface area contributed by atoms with Gasteiger partial charge in [-0.1, -0.05) is 35.5 Å². The summed E-state index contributed by atoms with van der Waals surface area (Å²) in [4.78, 5) is 6.21. The number of halogens is 3. The van der Waals surface area contributed by atoms with Crippen LogP contribution in [0.4, 0.5) is 13.2 Å². The molecule has 31 heavy (non-hydrogen) atoms. The zero-order valence-corrected chi connectivity index (χ0v) is 17.1. The maximum absolute atomic E-state index is 12.8. The van der Waals surface area contributed by atoms with Gasteiger partial charge in [-0.3, -0.25) is 4.90 Å². The number of nitrogens with zero attached hydrogens (tertiary/aromatic N) is 4. The van der Waals surface area contributed by atoms with Gasteiger partial charge in [0.05, 0.1) is 17.0 Å². The van der Waals surface area contributed by atoms with Crippen LogP contribution in [0.25, 0.3) is 11.4 Å². The highest BCUT2D eigenvalue weighted by Crippen LogP contribution is 2.30. The Bertz CT molecular complexity index is 1120. The molecule has 0 aliphatic carbocycles.